The topological polar surface area (TPSA) is 69.0 Å². The SMILES string of the molecule is COc1ccccc1C(=O)NC(n1cncn1)C(Cl)(Cl)CCl. The van der Waals surface area contributed by atoms with Crippen molar-refractivity contribution in [1.82, 2.24) is 20.1 Å². The summed E-state index contributed by atoms with van der Waals surface area (Å²) < 4.78 is 5.03. The Balaban J connectivity index is 2.29. The number of para-hydroxylation sites is 1. The number of hydrogen-bond donors (Lipinski definition) is 1. The van der Waals surface area contributed by atoms with E-state index in [2.05, 4.69) is 15.4 Å². The molecule has 0 fully saturated rings. The minimum absolute atomic E-state index is 0.118. The lowest BCUT2D eigenvalue weighted by atomic mass is 10.2. The van der Waals surface area contributed by atoms with E-state index in [1.165, 1.54) is 24.4 Å². The van der Waals surface area contributed by atoms with Crippen molar-refractivity contribution in [2.24, 2.45) is 0 Å². The molecule has 118 valence electrons. The van der Waals surface area contributed by atoms with Gasteiger partial charge in [0.05, 0.1) is 18.6 Å². The first kappa shape index (κ1) is 16.9. The van der Waals surface area contributed by atoms with Gasteiger partial charge in [0, 0.05) is 0 Å². The third-order valence-electron chi connectivity index (χ3n) is 2.90. The number of nitrogens with zero attached hydrogens (tertiary/aromatic N) is 3. The highest BCUT2D eigenvalue weighted by molar-refractivity contribution is 6.51. The van der Waals surface area contributed by atoms with E-state index in [4.69, 9.17) is 39.5 Å². The quantitative estimate of drug-likeness (QED) is 0.801. The Morgan fingerprint density at radius 3 is 2.77 bits per heavy atom. The van der Waals surface area contributed by atoms with E-state index in [1.807, 2.05) is 0 Å². The highest BCUT2D eigenvalue weighted by Gasteiger charge is 2.38. The van der Waals surface area contributed by atoms with Gasteiger partial charge in [0.15, 0.2) is 10.5 Å². The van der Waals surface area contributed by atoms with Crippen molar-refractivity contribution in [2.45, 2.75) is 10.5 Å². The average Bonchev–Trinajstić information content (AvgIpc) is 3.06. The molecule has 0 saturated heterocycles. The van der Waals surface area contributed by atoms with Crippen LogP contribution in [0, 0.1) is 0 Å². The molecule has 6 nitrogen and oxygen atoms in total. The van der Waals surface area contributed by atoms with Gasteiger partial charge in [-0.15, -0.1) is 11.6 Å². The van der Waals surface area contributed by atoms with Crippen LogP contribution >= 0.6 is 34.8 Å². The first-order chi connectivity index (χ1) is 10.5. The third kappa shape index (κ3) is 3.63. The summed E-state index contributed by atoms with van der Waals surface area (Å²) in [6.45, 7) is 0. The molecule has 1 N–H and O–H groups in total. The van der Waals surface area contributed by atoms with E-state index in [0.717, 1.165) is 0 Å². The van der Waals surface area contributed by atoms with Crippen molar-refractivity contribution in [3.63, 3.8) is 0 Å². The molecule has 1 unspecified atom stereocenters. The zero-order valence-electron chi connectivity index (χ0n) is 11.5. The van der Waals surface area contributed by atoms with Gasteiger partial charge in [0.1, 0.15) is 18.4 Å². The predicted molar refractivity (Wildman–Crippen MR) is 84.7 cm³/mol. The Bertz CT molecular complexity index is 634. The number of aromatic nitrogens is 3. The molecule has 2 rings (SSSR count). The molecule has 1 aromatic heterocycles. The van der Waals surface area contributed by atoms with Crippen LogP contribution in [-0.4, -0.2) is 38.0 Å². The number of carbonyl (C=O) groups excluding carboxylic acids is 1. The van der Waals surface area contributed by atoms with E-state index < -0.39 is 16.4 Å². The van der Waals surface area contributed by atoms with Gasteiger partial charge in [-0.1, -0.05) is 35.3 Å². The number of methoxy groups -OCH3 is 1. The monoisotopic (exact) mass is 362 g/mol. The maximum absolute atomic E-state index is 12.5. The van der Waals surface area contributed by atoms with Gasteiger partial charge < -0.3 is 10.1 Å². The summed E-state index contributed by atoms with van der Waals surface area (Å²) in [4.78, 5) is 16.3. The predicted octanol–water partition coefficient (Wildman–Crippen LogP) is 2.63. The van der Waals surface area contributed by atoms with Crippen molar-refractivity contribution in [2.75, 3.05) is 13.0 Å². The smallest absolute Gasteiger partial charge is 0.256 e. The van der Waals surface area contributed by atoms with Crippen LogP contribution in [0.4, 0.5) is 0 Å². The summed E-state index contributed by atoms with van der Waals surface area (Å²) in [7, 11) is 1.48. The summed E-state index contributed by atoms with van der Waals surface area (Å²) in [5.41, 5.74) is 0.342. The molecule has 0 radical (unpaired) electrons. The lowest BCUT2D eigenvalue weighted by Gasteiger charge is -2.28. The van der Waals surface area contributed by atoms with E-state index in [-0.39, 0.29) is 5.88 Å². The number of halogens is 3. The Hall–Kier alpha value is -1.50. The molecule has 2 aromatic rings. The maximum atomic E-state index is 12.5. The summed E-state index contributed by atoms with van der Waals surface area (Å²) in [6.07, 6.45) is 1.80. The summed E-state index contributed by atoms with van der Waals surface area (Å²) >= 11 is 18.2. The molecular formula is C13H13Cl3N4O2. The van der Waals surface area contributed by atoms with Gasteiger partial charge in [-0.3, -0.25) is 4.79 Å². The van der Waals surface area contributed by atoms with E-state index in [0.29, 0.717) is 11.3 Å². The molecule has 1 heterocycles. The van der Waals surface area contributed by atoms with E-state index in [1.54, 1.807) is 24.3 Å². The van der Waals surface area contributed by atoms with Crippen LogP contribution in [0.25, 0.3) is 0 Å². The maximum Gasteiger partial charge on any atom is 0.256 e. The molecule has 1 amide bonds. The molecule has 0 aliphatic heterocycles. The minimum atomic E-state index is -1.47. The highest BCUT2D eigenvalue weighted by Crippen LogP contribution is 2.33. The van der Waals surface area contributed by atoms with Crippen molar-refractivity contribution in [1.29, 1.82) is 0 Å². The summed E-state index contributed by atoms with van der Waals surface area (Å²) in [6, 6.07) is 6.78. The van der Waals surface area contributed by atoms with Gasteiger partial charge in [-0.2, -0.15) is 5.10 Å². The number of alkyl halides is 3. The number of hydrogen-bond acceptors (Lipinski definition) is 4. The van der Waals surface area contributed by atoms with Crippen LogP contribution in [0.5, 0.6) is 5.75 Å². The van der Waals surface area contributed by atoms with E-state index >= 15 is 0 Å². The van der Waals surface area contributed by atoms with Crippen LogP contribution in [0.1, 0.15) is 16.5 Å². The van der Waals surface area contributed by atoms with E-state index in [9.17, 15) is 4.79 Å². The Kier molecular flexibility index (Phi) is 5.50. The zero-order valence-corrected chi connectivity index (χ0v) is 13.8. The molecule has 0 aliphatic carbocycles. The average molecular weight is 364 g/mol. The number of rotatable bonds is 6. The standard InChI is InChI=1S/C13H13Cl3N4O2/c1-22-10-5-3-2-4-9(10)11(21)19-12(13(15,16)6-14)20-8-17-7-18-20/h2-5,7-8,12H,6H2,1H3,(H,19,21). The fraction of sp³-hybridized carbons (Fsp3) is 0.308. The van der Waals surface area contributed by atoms with Crippen molar-refractivity contribution in [3.8, 4) is 5.75 Å². The lowest BCUT2D eigenvalue weighted by Crippen LogP contribution is -2.44. The summed E-state index contributed by atoms with van der Waals surface area (Å²) in [5, 5.41) is 6.65. The largest absolute Gasteiger partial charge is 0.496 e. The molecule has 1 atom stereocenters. The molecule has 9 heteroatoms. The second-order valence-electron chi connectivity index (χ2n) is 4.35. The minimum Gasteiger partial charge on any atom is -0.496 e. The lowest BCUT2D eigenvalue weighted by molar-refractivity contribution is 0.0907. The Morgan fingerprint density at radius 1 is 1.45 bits per heavy atom. The van der Waals surface area contributed by atoms with Crippen LogP contribution in [-0.2, 0) is 0 Å². The normalized spacial score (nSPS) is 12.7. The van der Waals surface area contributed by atoms with Gasteiger partial charge in [-0.25, -0.2) is 9.67 Å². The molecule has 1 aromatic carbocycles. The third-order valence-corrected chi connectivity index (χ3v) is 4.27. The summed E-state index contributed by atoms with van der Waals surface area (Å²) in [5.74, 6) is -0.112. The Labute approximate surface area is 142 Å². The fourth-order valence-electron chi connectivity index (χ4n) is 1.82. The van der Waals surface area contributed by atoms with Gasteiger partial charge in [0.2, 0.25) is 0 Å². The van der Waals surface area contributed by atoms with Gasteiger partial charge in [0.25, 0.3) is 5.91 Å². The fourth-order valence-corrected chi connectivity index (χ4v) is 2.28. The van der Waals surface area contributed by atoms with Crippen molar-refractivity contribution < 1.29 is 9.53 Å². The first-order valence-electron chi connectivity index (χ1n) is 6.21. The number of ether oxygens (including phenoxy) is 1. The van der Waals surface area contributed by atoms with Crippen molar-refractivity contribution >= 4 is 40.7 Å². The van der Waals surface area contributed by atoms with Crippen LogP contribution < -0.4 is 10.1 Å². The number of carbonyl (C=O) groups is 1. The zero-order chi connectivity index (χ0) is 16.2. The van der Waals surface area contributed by atoms with Gasteiger partial charge in [-0.05, 0) is 12.1 Å². The number of benzene rings is 1. The molecule has 0 saturated carbocycles. The molecule has 0 bridgehead atoms. The second-order valence-corrected chi connectivity index (χ2v) is 6.16. The van der Waals surface area contributed by atoms with Crippen LogP contribution in [0.3, 0.4) is 0 Å². The molecule has 0 aliphatic rings. The highest BCUT2D eigenvalue weighted by atomic mass is 35.5. The second kappa shape index (κ2) is 7.17. The molecule has 22 heavy (non-hydrogen) atoms. The number of amides is 1. The first-order valence-corrected chi connectivity index (χ1v) is 7.50. The van der Waals surface area contributed by atoms with Gasteiger partial charge >= 0.3 is 0 Å². The molecular weight excluding hydrogens is 351 g/mol. The van der Waals surface area contributed by atoms with Crippen LogP contribution in [0.15, 0.2) is 36.9 Å². The number of nitrogens with one attached hydrogen (secondary N) is 1. The van der Waals surface area contributed by atoms with Crippen LogP contribution in [0.2, 0.25) is 0 Å². The van der Waals surface area contributed by atoms with Crippen molar-refractivity contribution in [3.05, 3.63) is 42.5 Å². The molecule has 0 spiro atoms. The Morgan fingerprint density at radius 2 is 2.18 bits per heavy atom.